The number of hydrogen-bond acceptors (Lipinski definition) is 7. The molecule has 1 aromatic carbocycles. The van der Waals surface area contributed by atoms with Crippen LogP contribution in [-0.4, -0.2) is 42.3 Å². The van der Waals surface area contributed by atoms with Gasteiger partial charge in [0.1, 0.15) is 4.60 Å². The van der Waals surface area contributed by atoms with Gasteiger partial charge in [0.05, 0.1) is 13.2 Å². The highest BCUT2D eigenvalue weighted by Crippen LogP contribution is 2.22. The summed E-state index contributed by atoms with van der Waals surface area (Å²) >= 11 is 3.18. The molecule has 0 saturated carbocycles. The zero-order valence-electron chi connectivity index (χ0n) is 18.4. The summed E-state index contributed by atoms with van der Waals surface area (Å²) in [6, 6.07) is 14.5. The van der Waals surface area contributed by atoms with Gasteiger partial charge < -0.3 is 20.3 Å². The van der Waals surface area contributed by atoms with E-state index in [4.69, 9.17) is 20.3 Å². The second-order valence-electron chi connectivity index (χ2n) is 6.86. The van der Waals surface area contributed by atoms with Gasteiger partial charge in [-0.1, -0.05) is 24.3 Å². The van der Waals surface area contributed by atoms with Crippen molar-refractivity contribution < 1.29 is 37.8 Å². The zero-order valence-corrected chi connectivity index (χ0v) is 19.9. The number of hydrogen-bond donors (Lipinski definition) is 4. The van der Waals surface area contributed by atoms with Crippen LogP contribution >= 0.6 is 15.9 Å². The van der Waals surface area contributed by atoms with Gasteiger partial charge in [0, 0.05) is 17.2 Å². The molecule has 3 aromatic heterocycles. The SMILES string of the molecule is OB(O)c1ccc(F)nc1F.OCc1cccc(-c2ccc(F)nc2F)c1.OCc1ccnc(Br)c1. The van der Waals surface area contributed by atoms with Crippen LogP contribution in [0, 0.1) is 23.8 Å². The summed E-state index contributed by atoms with van der Waals surface area (Å²) < 4.78 is 51.3. The number of aliphatic hydroxyl groups is 2. The first-order valence-electron chi connectivity index (χ1n) is 10.1. The molecule has 4 N–H and O–H groups in total. The lowest BCUT2D eigenvalue weighted by atomic mass is 9.81. The Hall–Kier alpha value is -3.23. The number of benzene rings is 1. The van der Waals surface area contributed by atoms with Gasteiger partial charge in [-0.15, -0.1) is 0 Å². The van der Waals surface area contributed by atoms with E-state index in [2.05, 4.69) is 30.9 Å². The second kappa shape index (κ2) is 14.4. The van der Waals surface area contributed by atoms with Crippen LogP contribution in [0.2, 0.25) is 0 Å². The second-order valence-corrected chi connectivity index (χ2v) is 7.68. The molecule has 3 heterocycles. The fourth-order valence-electron chi connectivity index (χ4n) is 2.62. The minimum absolute atomic E-state index is 0.0706. The lowest BCUT2D eigenvalue weighted by Crippen LogP contribution is -2.33. The van der Waals surface area contributed by atoms with Gasteiger partial charge in [0.25, 0.3) is 0 Å². The van der Waals surface area contributed by atoms with Crippen molar-refractivity contribution in [3.05, 3.63) is 106 Å². The summed E-state index contributed by atoms with van der Waals surface area (Å²) in [4.78, 5) is 9.74. The summed E-state index contributed by atoms with van der Waals surface area (Å²) in [5, 5.41) is 34.5. The highest BCUT2D eigenvalue weighted by Gasteiger charge is 2.17. The summed E-state index contributed by atoms with van der Waals surface area (Å²) in [5.41, 5.74) is 1.89. The first kappa shape index (κ1) is 29.0. The molecular formula is C23H19BBrF4N3O4. The van der Waals surface area contributed by atoms with E-state index in [-0.39, 0.29) is 18.8 Å². The lowest BCUT2D eigenvalue weighted by molar-refractivity contribution is 0.281. The number of aliphatic hydroxyl groups excluding tert-OH is 2. The van der Waals surface area contributed by atoms with Crippen molar-refractivity contribution in [2.75, 3.05) is 0 Å². The fourth-order valence-corrected chi connectivity index (χ4v) is 3.03. The molecule has 36 heavy (non-hydrogen) atoms. The molecular weight excluding hydrogens is 549 g/mol. The van der Waals surface area contributed by atoms with Gasteiger partial charge in [-0.25, -0.2) is 4.98 Å². The molecule has 7 nitrogen and oxygen atoms in total. The van der Waals surface area contributed by atoms with Gasteiger partial charge in [0.15, 0.2) is 0 Å². The van der Waals surface area contributed by atoms with E-state index < -0.39 is 36.4 Å². The van der Waals surface area contributed by atoms with E-state index in [9.17, 15) is 17.6 Å². The minimum atomic E-state index is -1.96. The van der Waals surface area contributed by atoms with Crippen molar-refractivity contribution >= 4 is 28.5 Å². The minimum Gasteiger partial charge on any atom is -0.423 e. The molecule has 0 spiro atoms. The average molecular weight is 568 g/mol. The van der Waals surface area contributed by atoms with Crippen molar-refractivity contribution in [2.24, 2.45) is 0 Å². The van der Waals surface area contributed by atoms with Crippen LogP contribution in [0.4, 0.5) is 17.6 Å². The highest BCUT2D eigenvalue weighted by atomic mass is 79.9. The van der Waals surface area contributed by atoms with Gasteiger partial charge >= 0.3 is 7.12 Å². The Morgan fingerprint density at radius 1 is 0.750 bits per heavy atom. The zero-order chi connectivity index (χ0) is 26.7. The van der Waals surface area contributed by atoms with Crippen LogP contribution in [0.3, 0.4) is 0 Å². The topological polar surface area (TPSA) is 120 Å². The first-order chi connectivity index (χ1) is 17.1. The molecule has 0 atom stereocenters. The molecule has 4 rings (SSSR count). The van der Waals surface area contributed by atoms with Crippen LogP contribution in [0.5, 0.6) is 0 Å². The molecule has 4 aromatic rings. The molecule has 0 unspecified atom stereocenters. The predicted molar refractivity (Wildman–Crippen MR) is 127 cm³/mol. The van der Waals surface area contributed by atoms with E-state index in [0.717, 1.165) is 28.4 Å². The van der Waals surface area contributed by atoms with Crippen LogP contribution < -0.4 is 5.46 Å². The van der Waals surface area contributed by atoms with Crippen LogP contribution in [-0.2, 0) is 13.2 Å². The molecule has 0 aliphatic heterocycles. The third-order valence-electron chi connectivity index (χ3n) is 4.33. The van der Waals surface area contributed by atoms with Gasteiger partial charge in [-0.05, 0) is 69.0 Å². The molecule has 0 aliphatic carbocycles. The molecule has 0 amide bonds. The van der Waals surface area contributed by atoms with Crippen molar-refractivity contribution in [3.63, 3.8) is 0 Å². The standard InChI is InChI=1S/C12H9F2NO.C6H6BrNO.C5H4BF2NO2/c13-11-5-4-10(12(14)15-11)9-3-1-2-8(6-9)7-16;7-6-3-5(4-9)1-2-8-6;7-4-2-1-3(6(10)11)5(8)9-4/h1-6,16H,7H2;1-3,9H,4H2;1-2,10-11H. The predicted octanol–water partition coefficient (Wildman–Crippen LogP) is 2.90. The Kier molecular flexibility index (Phi) is 11.6. The Balaban J connectivity index is 0.000000200. The highest BCUT2D eigenvalue weighted by molar-refractivity contribution is 9.10. The average Bonchev–Trinajstić information content (AvgIpc) is 2.84. The number of rotatable bonds is 4. The lowest BCUT2D eigenvalue weighted by Gasteiger charge is -2.04. The van der Waals surface area contributed by atoms with E-state index >= 15 is 0 Å². The summed E-state index contributed by atoms with van der Waals surface area (Å²) in [6.45, 7) is -0.0504. The van der Waals surface area contributed by atoms with E-state index in [0.29, 0.717) is 11.1 Å². The third kappa shape index (κ3) is 9.09. The Labute approximate surface area is 212 Å². The molecule has 0 aliphatic rings. The van der Waals surface area contributed by atoms with Gasteiger partial charge in [-0.2, -0.15) is 27.5 Å². The largest absolute Gasteiger partial charge is 0.493 e. The monoisotopic (exact) mass is 567 g/mol. The normalized spacial score (nSPS) is 10.0. The molecule has 188 valence electrons. The number of nitrogens with zero attached hydrogens (tertiary/aromatic N) is 3. The maximum absolute atomic E-state index is 13.4. The molecule has 0 bridgehead atoms. The van der Waals surface area contributed by atoms with Crippen LogP contribution in [0.15, 0.2) is 71.5 Å². The third-order valence-corrected chi connectivity index (χ3v) is 4.76. The van der Waals surface area contributed by atoms with Gasteiger partial charge in [-0.3, -0.25) is 0 Å². The Bertz CT molecular complexity index is 1290. The van der Waals surface area contributed by atoms with Crippen molar-refractivity contribution in [2.45, 2.75) is 13.2 Å². The molecule has 0 fully saturated rings. The van der Waals surface area contributed by atoms with E-state index in [1.807, 2.05) is 0 Å². The first-order valence-corrected chi connectivity index (χ1v) is 10.9. The fraction of sp³-hybridized carbons (Fsp3) is 0.0870. The Morgan fingerprint density at radius 3 is 1.89 bits per heavy atom. The quantitative estimate of drug-likeness (QED) is 0.170. The van der Waals surface area contributed by atoms with Gasteiger partial charge in [0.2, 0.25) is 23.8 Å². The molecule has 13 heteroatoms. The number of aromatic nitrogens is 3. The van der Waals surface area contributed by atoms with Crippen LogP contribution in [0.25, 0.3) is 11.1 Å². The summed E-state index contributed by atoms with van der Waals surface area (Å²) in [6.07, 6.45) is 1.65. The van der Waals surface area contributed by atoms with Crippen LogP contribution in [0.1, 0.15) is 11.1 Å². The smallest absolute Gasteiger partial charge is 0.423 e. The van der Waals surface area contributed by atoms with Crippen molar-refractivity contribution in [3.8, 4) is 11.1 Å². The van der Waals surface area contributed by atoms with E-state index in [1.165, 1.54) is 6.07 Å². The van der Waals surface area contributed by atoms with E-state index in [1.54, 1.807) is 42.6 Å². The summed E-state index contributed by atoms with van der Waals surface area (Å²) in [7, 11) is -1.96. The van der Waals surface area contributed by atoms with Crippen molar-refractivity contribution in [1.29, 1.82) is 0 Å². The maximum Gasteiger partial charge on any atom is 0.493 e. The molecule has 0 radical (unpaired) electrons. The number of halogens is 5. The molecule has 0 saturated heterocycles. The van der Waals surface area contributed by atoms with Crippen molar-refractivity contribution in [1.82, 2.24) is 15.0 Å². The number of pyridine rings is 3. The Morgan fingerprint density at radius 2 is 1.36 bits per heavy atom. The summed E-state index contributed by atoms with van der Waals surface area (Å²) in [5.74, 6) is -3.90. The maximum atomic E-state index is 13.4.